The third-order valence-corrected chi connectivity index (χ3v) is 2.04. The topological polar surface area (TPSA) is 29.5 Å². The molecular formula is C11H12F4O2. The quantitative estimate of drug-likeness (QED) is 0.835. The molecule has 2 nitrogen and oxygen atoms in total. The minimum atomic E-state index is -4.43. The largest absolute Gasteiger partial charge is 0.491 e. The molecule has 0 heterocycles. The maximum Gasteiger partial charge on any atom is 0.391 e. The van der Waals surface area contributed by atoms with Gasteiger partial charge < -0.3 is 9.84 Å². The van der Waals surface area contributed by atoms with Crippen molar-refractivity contribution in [3.05, 3.63) is 29.6 Å². The van der Waals surface area contributed by atoms with Gasteiger partial charge in [-0.15, -0.1) is 0 Å². The zero-order chi connectivity index (χ0) is 13.1. The SMILES string of the molecule is Cc1cc(OCC(O)CC(F)(F)F)ccc1F. The number of halogens is 4. The molecule has 1 rings (SSSR count). The molecule has 1 aromatic rings. The Balaban J connectivity index is 2.47. The molecule has 96 valence electrons. The summed E-state index contributed by atoms with van der Waals surface area (Å²) in [6, 6.07) is 3.80. The van der Waals surface area contributed by atoms with Crippen LogP contribution in [0.2, 0.25) is 0 Å². The molecule has 0 radical (unpaired) electrons. The lowest BCUT2D eigenvalue weighted by Gasteiger charge is -2.14. The third-order valence-electron chi connectivity index (χ3n) is 2.04. The molecule has 0 aliphatic carbocycles. The number of aliphatic hydroxyl groups excluding tert-OH is 1. The van der Waals surface area contributed by atoms with E-state index in [1.165, 1.54) is 19.1 Å². The zero-order valence-electron chi connectivity index (χ0n) is 9.09. The number of alkyl halides is 3. The van der Waals surface area contributed by atoms with Gasteiger partial charge in [-0.2, -0.15) is 13.2 Å². The van der Waals surface area contributed by atoms with Crippen LogP contribution < -0.4 is 4.74 Å². The average Bonchev–Trinajstić information content (AvgIpc) is 2.17. The van der Waals surface area contributed by atoms with E-state index in [4.69, 9.17) is 9.84 Å². The molecule has 1 N–H and O–H groups in total. The van der Waals surface area contributed by atoms with Crippen molar-refractivity contribution in [1.29, 1.82) is 0 Å². The van der Waals surface area contributed by atoms with Crippen molar-refractivity contribution < 1.29 is 27.4 Å². The van der Waals surface area contributed by atoms with E-state index >= 15 is 0 Å². The summed E-state index contributed by atoms with van der Waals surface area (Å²) in [7, 11) is 0. The lowest BCUT2D eigenvalue weighted by Crippen LogP contribution is -2.25. The number of aryl methyl sites for hydroxylation is 1. The maximum absolute atomic E-state index is 12.9. The van der Waals surface area contributed by atoms with Gasteiger partial charge in [-0.1, -0.05) is 0 Å². The summed E-state index contributed by atoms with van der Waals surface area (Å²) in [5, 5.41) is 9.05. The Morgan fingerprint density at radius 1 is 1.35 bits per heavy atom. The Kier molecular flexibility index (Phi) is 4.34. The summed E-state index contributed by atoms with van der Waals surface area (Å²) in [6.45, 7) is 1.03. The first kappa shape index (κ1) is 13.8. The van der Waals surface area contributed by atoms with Gasteiger partial charge in [0.1, 0.15) is 18.2 Å². The summed E-state index contributed by atoms with van der Waals surface area (Å²) in [5.41, 5.74) is 0.327. The van der Waals surface area contributed by atoms with Crippen molar-refractivity contribution in [2.24, 2.45) is 0 Å². The van der Waals surface area contributed by atoms with E-state index in [0.717, 1.165) is 6.07 Å². The van der Waals surface area contributed by atoms with Crippen molar-refractivity contribution in [3.8, 4) is 5.75 Å². The normalized spacial score (nSPS) is 13.5. The molecule has 1 aromatic carbocycles. The zero-order valence-corrected chi connectivity index (χ0v) is 9.09. The van der Waals surface area contributed by atoms with E-state index in [2.05, 4.69) is 0 Å². The van der Waals surface area contributed by atoms with Crippen LogP contribution in [0.1, 0.15) is 12.0 Å². The molecule has 1 atom stereocenters. The predicted octanol–water partition coefficient (Wildman–Crippen LogP) is 2.83. The predicted molar refractivity (Wildman–Crippen MR) is 53.3 cm³/mol. The highest BCUT2D eigenvalue weighted by molar-refractivity contribution is 5.28. The van der Waals surface area contributed by atoms with E-state index in [1.807, 2.05) is 0 Å². The molecule has 0 spiro atoms. The molecule has 0 aromatic heterocycles. The molecule has 0 saturated carbocycles. The summed E-state index contributed by atoms with van der Waals surface area (Å²) in [5.74, 6) is -0.196. The third kappa shape index (κ3) is 5.04. The summed E-state index contributed by atoms with van der Waals surface area (Å²) < 4.78 is 53.5. The second kappa shape index (κ2) is 5.35. The molecule has 0 amide bonds. The monoisotopic (exact) mass is 252 g/mol. The minimum Gasteiger partial charge on any atom is -0.491 e. The summed E-state index contributed by atoms with van der Waals surface area (Å²) in [6.07, 6.45) is -7.38. The second-order valence-corrected chi connectivity index (χ2v) is 3.70. The fourth-order valence-electron chi connectivity index (χ4n) is 1.23. The summed E-state index contributed by atoms with van der Waals surface area (Å²) >= 11 is 0. The molecule has 0 saturated heterocycles. The van der Waals surface area contributed by atoms with Gasteiger partial charge in [-0.3, -0.25) is 0 Å². The standard InChI is InChI=1S/C11H12F4O2/c1-7-4-9(2-3-10(7)12)17-6-8(16)5-11(13,14)15/h2-4,8,16H,5-6H2,1H3. The highest BCUT2D eigenvalue weighted by atomic mass is 19.4. The number of ether oxygens (including phenoxy) is 1. The highest BCUT2D eigenvalue weighted by Gasteiger charge is 2.31. The van der Waals surface area contributed by atoms with Gasteiger partial charge >= 0.3 is 6.18 Å². The average molecular weight is 252 g/mol. The first-order chi connectivity index (χ1) is 7.78. The highest BCUT2D eigenvalue weighted by Crippen LogP contribution is 2.22. The minimum absolute atomic E-state index is 0.227. The number of rotatable bonds is 4. The Morgan fingerprint density at radius 2 is 2.00 bits per heavy atom. The van der Waals surface area contributed by atoms with Gasteiger partial charge in [-0.05, 0) is 30.7 Å². The molecule has 0 aliphatic heterocycles. The van der Waals surface area contributed by atoms with Crippen molar-refractivity contribution in [2.75, 3.05) is 6.61 Å². The molecule has 0 fully saturated rings. The number of benzene rings is 1. The lowest BCUT2D eigenvalue weighted by molar-refractivity contribution is -0.156. The maximum atomic E-state index is 12.9. The Bertz CT molecular complexity index is 376. The van der Waals surface area contributed by atoms with Crippen LogP contribution in [0, 0.1) is 12.7 Å². The van der Waals surface area contributed by atoms with Crippen LogP contribution >= 0.6 is 0 Å². The van der Waals surface area contributed by atoms with Crippen LogP contribution in [0.5, 0.6) is 5.75 Å². The van der Waals surface area contributed by atoms with E-state index in [9.17, 15) is 17.6 Å². The van der Waals surface area contributed by atoms with Gasteiger partial charge in [0.15, 0.2) is 0 Å². The van der Waals surface area contributed by atoms with Crippen LogP contribution in [-0.2, 0) is 0 Å². The van der Waals surface area contributed by atoms with E-state index < -0.39 is 31.1 Å². The van der Waals surface area contributed by atoms with Gasteiger partial charge in [0, 0.05) is 0 Å². The van der Waals surface area contributed by atoms with E-state index in [0.29, 0.717) is 5.56 Å². The number of hydrogen-bond donors (Lipinski definition) is 1. The van der Waals surface area contributed by atoms with Crippen molar-refractivity contribution >= 4 is 0 Å². The molecular weight excluding hydrogens is 240 g/mol. The lowest BCUT2D eigenvalue weighted by atomic mass is 10.2. The molecule has 17 heavy (non-hydrogen) atoms. The van der Waals surface area contributed by atoms with Crippen LogP contribution in [0.15, 0.2) is 18.2 Å². The first-order valence-corrected chi connectivity index (χ1v) is 4.92. The Labute approximate surface area is 95.8 Å². The summed E-state index contributed by atoms with van der Waals surface area (Å²) in [4.78, 5) is 0. The van der Waals surface area contributed by atoms with Gasteiger partial charge in [0.05, 0.1) is 12.5 Å². The first-order valence-electron chi connectivity index (χ1n) is 4.92. The Morgan fingerprint density at radius 3 is 2.53 bits per heavy atom. The van der Waals surface area contributed by atoms with Crippen LogP contribution in [0.3, 0.4) is 0 Å². The van der Waals surface area contributed by atoms with Gasteiger partial charge in [0.25, 0.3) is 0 Å². The Hall–Kier alpha value is -1.30. The van der Waals surface area contributed by atoms with E-state index in [1.54, 1.807) is 0 Å². The molecule has 0 aliphatic rings. The molecule has 1 unspecified atom stereocenters. The van der Waals surface area contributed by atoms with Gasteiger partial charge in [-0.25, -0.2) is 4.39 Å². The fourth-order valence-corrected chi connectivity index (χ4v) is 1.23. The van der Waals surface area contributed by atoms with Gasteiger partial charge in [0.2, 0.25) is 0 Å². The molecule has 0 bridgehead atoms. The van der Waals surface area contributed by atoms with Crippen LogP contribution in [-0.4, -0.2) is 24.0 Å². The van der Waals surface area contributed by atoms with Crippen molar-refractivity contribution in [1.82, 2.24) is 0 Å². The van der Waals surface area contributed by atoms with Crippen molar-refractivity contribution in [2.45, 2.75) is 25.6 Å². The number of aliphatic hydroxyl groups is 1. The van der Waals surface area contributed by atoms with Crippen LogP contribution in [0.4, 0.5) is 17.6 Å². The van der Waals surface area contributed by atoms with Crippen molar-refractivity contribution in [3.63, 3.8) is 0 Å². The van der Waals surface area contributed by atoms with E-state index in [-0.39, 0.29) is 5.75 Å². The number of hydrogen-bond acceptors (Lipinski definition) is 2. The second-order valence-electron chi connectivity index (χ2n) is 3.70. The molecule has 6 heteroatoms. The van der Waals surface area contributed by atoms with Crippen LogP contribution in [0.25, 0.3) is 0 Å². The fraction of sp³-hybridized carbons (Fsp3) is 0.455. The smallest absolute Gasteiger partial charge is 0.391 e.